The molecule has 1 rings (SSSR count). The van der Waals surface area contributed by atoms with Crippen LogP contribution in [0.4, 0.5) is 13.2 Å². The zero-order chi connectivity index (χ0) is 13.9. The Morgan fingerprint density at radius 3 is 2.56 bits per heavy atom. The molecule has 7 heteroatoms. The Hall–Kier alpha value is -0.560. The van der Waals surface area contributed by atoms with Crippen molar-refractivity contribution in [3.8, 4) is 0 Å². The third-order valence-corrected chi connectivity index (χ3v) is 3.81. The molecule has 1 amide bonds. The molecule has 0 aromatic heterocycles. The number of benzene rings is 1. The lowest BCUT2D eigenvalue weighted by atomic mass is 10.1. The fraction of sp³-hybridized carbons (Fsp3) is 0.364. The second-order valence-corrected chi connectivity index (χ2v) is 5.22. The minimum absolute atomic E-state index is 0.0300. The van der Waals surface area contributed by atoms with Crippen molar-refractivity contribution in [2.24, 2.45) is 0 Å². The molecule has 0 fully saturated rings. The topological polar surface area (TPSA) is 29.1 Å². The minimum atomic E-state index is -4.46. The summed E-state index contributed by atoms with van der Waals surface area (Å²) in [5, 5.41) is 3.11. The van der Waals surface area contributed by atoms with E-state index in [4.69, 9.17) is 0 Å². The average molecular weight is 389 g/mol. The van der Waals surface area contributed by atoms with Crippen LogP contribution in [-0.2, 0) is 6.18 Å². The molecule has 0 bridgehead atoms. The molecule has 0 aliphatic heterocycles. The number of hydrogen-bond donors (Lipinski definition) is 1. The molecule has 18 heavy (non-hydrogen) atoms. The number of halogens is 5. The van der Waals surface area contributed by atoms with Crippen LogP contribution in [0.1, 0.15) is 22.8 Å². The molecule has 0 aliphatic rings. The van der Waals surface area contributed by atoms with Crippen molar-refractivity contribution in [3.05, 3.63) is 33.8 Å². The summed E-state index contributed by atoms with van der Waals surface area (Å²) in [6, 6.07) is 2.81. The Morgan fingerprint density at radius 2 is 2.06 bits per heavy atom. The largest absolute Gasteiger partial charge is 0.416 e. The van der Waals surface area contributed by atoms with Crippen LogP contribution in [0.25, 0.3) is 0 Å². The van der Waals surface area contributed by atoms with E-state index >= 15 is 0 Å². The molecule has 1 aromatic rings. The summed E-state index contributed by atoms with van der Waals surface area (Å²) in [7, 11) is 0. The normalized spacial score (nSPS) is 13.2. The van der Waals surface area contributed by atoms with Gasteiger partial charge in [-0.2, -0.15) is 13.2 Å². The van der Waals surface area contributed by atoms with Crippen molar-refractivity contribution < 1.29 is 18.0 Å². The second-order valence-electron chi connectivity index (χ2n) is 3.72. The van der Waals surface area contributed by atoms with Crippen molar-refractivity contribution in [1.82, 2.24) is 5.32 Å². The van der Waals surface area contributed by atoms with Crippen molar-refractivity contribution in [2.75, 3.05) is 5.33 Å². The summed E-state index contributed by atoms with van der Waals surface area (Å²) in [4.78, 5) is 11.8. The molecule has 2 nitrogen and oxygen atoms in total. The highest BCUT2D eigenvalue weighted by Crippen LogP contribution is 2.31. The van der Waals surface area contributed by atoms with Crippen LogP contribution in [0.5, 0.6) is 0 Å². The maximum absolute atomic E-state index is 12.5. The molecule has 100 valence electrons. The third-order valence-electron chi connectivity index (χ3n) is 2.15. The van der Waals surface area contributed by atoms with Crippen LogP contribution >= 0.6 is 31.9 Å². The Balaban J connectivity index is 3.04. The van der Waals surface area contributed by atoms with Gasteiger partial charge in [-0.1, -0.05) is 15.9 Å². The number of carbonyl (C=O) groups is 1. The van der Waals surface area contributed by atoms with Gasteiger partial charge in [0.2, 0.25) is 0 Å². The van der Waals surface area contributed by atoms with Crippen LogP contribution in [0.3, 0.4) is 0 Å². The quantitative estimate of drug-likeness (QED) is 0.779. The van der Waals surface area contributed by atoms with Gasteiger partial charge in [0.25, 0.3) is 5.91 Å². The number of hydrogen-bond acceptors (Lipinski definition) is 1. The lowest BCUT2D eigenvalue weighted by Gasteiger charge is -2.13. The molecular weight excluding hydrogens is 379 g/mol. The predicted molar refractivity (Wildman–Crippen MR) is 69.9 cm³/mol. The molecule has 0 spiro atoms. The van der Waals surface area contributed by atoms with Crippen LogP contribution in [0.15, 0.2) is 22.7 Å². The highest BCUT2D eigenvalue weighted by molar-refractivity contribution is 9.10. The Morgan fingerprint density at radius 1 is 1.44 bits per heavy atom. The summed E-state index contributed by atoms with van der Waals surface area (Å²) >= 11 is 6.24. The highest BCUT2D eigenvalue weighted by Gasteiger charge is 2.31. The van der Waals surface area contributed by atoms with Gasteiger partial charge in [-0.3, -0.25) is 4.79 Å². The van der Waals surface area contributed by atoms with Crippen LogP contribution in [0, 0.1) is 0 Å². The van der Waals surface area contributed by atoms with Gasteiger partial charge in [0.15, 0.2) is 0 Å². The molecule has 1 atom stereocenters. The number of rotatable bonds is 3. The first kappa shape index (κ1) is 15.5. The van der Waals surface area contributed by atoms with Gasteiger partial charge in [0, 0.05) is 15.8 Å². The summed E-state index contributed by atoms with van der Waals surface area (Å²) < 4.78 is 37.9. The molecule has 1 N–H and O–H groups in total. The lowest BCUT2D eigenvalue weighted by molar-refractivity contribution is -0.137. The van der Waals surface area contributed by atoms with Crippen molar-refractivity contribution in [1.29, 1.82) is 0 Å². The van der Waals surface area contributed by atoms with Gasteiger partial charge in [0.05, 0.1) is 11.1 Å². The van der Waals surface area contributed by atoms with Gasteiger partial charge in [-0.15, -0.1) is 0 Å². The molecule has 0 aliphatic carbocycles. The van der Waals surface area contributed by atoms with E-state index in [0.717, 1.165) is 12.1 Å². The zero-order valence-electron chi connectivity index (χ0n) is 9.31. The van der Waals surface area contributed by atoms with Gasteiger partial charge in [0.1, 0.15) is 0 Å². The van der Waals surface area contributed by atoms with Crippen LogP contribution in [-0.4, -0.2) is 17.3 Å². The van der Waals surface area contributed by atoms with Crippen molar-refractivity contribution in [3.63, 3.8) is 0 Å². The SMILES string of the molecule is CC(CBr)NC(=O)c1cc(C(F)(F)F)ccc1Br. The summed E-state index contributed by atoms with van der Waals surface area (Å²) in [5.41, 5.74) is -0.875. The van der Waals surface area contributed by atoms with Crippen molar-refractivity contribution >= 4 is 37.8 Å². The molecule has 0 saturated heterocycles. The fourth-order valence-corrected chi connectivity index (χ4v) is 1.80. The van der Waals surface area contributed by atoms with Gasteiger partial charge in [-0.05, 0) is 41.1 Å². The van der Waals surface area contributed by atoms with E-state index in [0.29, 0.717) is 9.80 Å². The third kappa shape index (κ3) is 3.98. The Kier molecular flexibility index (Phi) is 5.21. The zero-order valence-corrected chi connectivity index (χ0v) is 12.5. The van der Waals surface area contributed by atoms with E-state index in [9.17, 15) is 18.0 Å². The molecule has 1 unspecified atom stereocenters. The summed E-state index contributed by atoms with van der Waals surface area (Å²) in [6.45, 7) is 1.74. The molecule has 1 aromatic carbocycles. The van der Waals surface area contributed by atoms with Crippen LogP contribution < -0.4 is 5.32 Å². The maximum Gasteiger partial charge on any atom is 0.416 e. The number of amides is 1. The van der Waals surface area contributed by atoms with E-state index in [2.05, 4.69) is 37.2 Å². The first-order valence-corrected chi connectivity index (χ1v) is 6.90. The molecule has 0 saturated carbocycles. The first-order chi connectivity index (χ1) is 8.25. The lowest BCUT2D eigenvalue weighted by Crippen LogP contribution is -2.33. The fourth-order valence-electron chi connectivity index (χ4n) is 1.22. The van der Waals surface area contributed by atoms with Gasteiger partial charge in [-0.25, -0.2) is 0 Å². The summed E-state index contributed by atoms with van der Waals surface area (Å²) in [6.07, 6.45) is -4.46. The van der Waals surface area contributed by atoms with Crippen LogP contribution in [0.2, 0.25) is 0 Å². The maximum atomic E-state index is 12.5. The van der Waals surface area contributed by atoms with Crippen molar-refractivity contribution in [2.45, 2.75) is 19.1 Å². The molecule has 0 radical (unpaired) electrons. The summed E-state index contributed by atoms with van der Waals surface area (Å²) in [5.74, 6) is -0.542. The van der Waals surface area contributed by atoms with E-state index in [-0.39, 0.29) is 11.6 Å². The van der Waals surface area contributed by atoms with E-state index in [1.165, 1.54) is 6.07 Å². The second kappa shape index (κ2) is 6.06. The Labute approximate surface area is 119 Å². The molecular formula is C11H10Br2F3NO. The highest BCUT2D eigenvalue weighted by atomic mass is 79.9. The van der Waals surface area contributed by atoms with E-state index < -0.39 is 17.6 Å². The Bertz CT molecular complexity index is 448. The number of carbonyl (C=O) groups excluding carboxylic acids is 1. The number of alkyl halides is 4. The monoisotopic (exact) mass is 387 g/mol. The van der Waals surface area contributed by atoms with Gasteiger partial charge >= 0.3 is 6.18 Å². The van der Waals surface area contributed by atoms with E-state index in [1.807, 2.05) is 0 Å². The standard InChI is InChI=1S/C11H10Br2F3NO/c1-6(5-12)17-10(18)8-4-7(11(14,15)16)2-3-9(8)13/h2-4,6H,5H2,1H3,(H,17,18). The molecule has 0 heterocycles. The first-order valence-electron chi connectivity index (χ1n) is 4.99. The smallest absolute Gasteiger partial charge is 0.349 e. The van der Waals surface area contributed by atoms with Gasteiger partial charge < -0.3 is 5.32 Å². The minimum Gasteiger partial charge on any atom is -0.349 e. The number of nitrogens with one attached hydrogen (secondary N) is 1. The predicted octanol–water partition coefficient (Wildman–Crippen LogP) is 3.98. The van der Waals surface area contributed by atoms with E-state index in [1.54, 1.807) is 6.92 Å². The average Bonchev–Trinajstić information content (AvgIpc) is 2.27.